The minimum atomic E-state index is -0.216. The summed E-state index contributed by atoms with van der Waals surface area (Å²) in [6.45, 7) is 6.11. The maximum atomic E-state index is 11.6. The lowest BCUT2D eigenvalue weighted by Gasteiger charge is -2.07. The Labute approximate surface area is 95.2 Å². The zero-order valence-electron chi connectivity index (χ0n) is 9.27. The van der Waals surface area contributed by atoms with Crippen molar-refractivity contribution in [3.8, 4) is 0 Å². The van der Waals surface area contributed by atoms with Gasteiger partial charge < -0.3 is 4.74 Å². The Morgan fingerprint density at radius 3 is 2.75 bits per heavy atom. The Kier molecular flexibility index (Phi) is 2.91. The molecule has 2 rings (SSSR count). The number of carbonyl (C=O) groups is 1. The monoisotopic (exact) mass is 214 g/mol. The highest BCUT2D eigenvalue weighted by Gasteiger charge is 2.30. The summed E-state index contributed by atoms with van der Waals surface area (Å²) in [5.41, 5.74) is 2.78. The summed E-state index contributed by atoms with van der Waals surface area (Å²) in [5, 5.41) is 0. The molecule has 0 amide bonds. The minimum absolute atomic E-state index is 0.0210. The van der Waals surface area contributed by atoms with Crippen molar-refractivity contribution in [2.24, 2.45) is 5.92 Å². The van der Waals surface area contributed by atoms with Gasteiger partial charge in [-0.15, -0.1) is 6.58 Å². The molecule has 1 heterocycles. The highest BCUT2D eigenvalue weighted by Crippen LogP contribution is 2.30. The van der Waals surface area contributed by atoms with E-state index in [0.717, 1.165) is 16.7 Å². The average Bonchev–Trinajstić information content (AvgIpc) is 2.70. The van der Waals surface area contributed by atoms with Crippen LogP contribution in [0.15, 0.2) is 48.6 Å². The van der Waals surface area contributed by atoms with Crippen molar-refractivity contribution in [2.75, 3.05) is 6.61 Å². The van der Waals surface area contributed by atoms with Crippen molar-refractivity contribution in [3.05, 3.63) is 54.1 Å². The van der Waals surface area contributed by atoms with E-state index in [1.165, 1.54) is 0 Å². The van der Waals surface area contributed by atoms with Gasteiger partial charge in [0.05, 0.1) is 5.57 Å². The lowest BCUT2D eigenvalue weighted by Crippen LogP contribution is -2.03. The molecule has 2 heteroatoms. The Morgan fingerprint density at radius 1 is 1.44 bits per heavy atom. The third-order valence-corrected chi connectivity index (χ3v) is 2.88. The molecule has 2 nitrogen and oxygen atoms in total. The van der Waals surface area contributed by atoms with Crippen LogP contribution >= 0.6 is 0 Å². The number of ether oxygens (including phenoxy) is 1. The first kappa shape index (κ1) is 10.7. The Balaban J connectivity index is 2.47. The van der Waals surface area contributed by atoms with Gasteiger partial charge >= 0.3 is 5.97 Å². The normalized spacial score (nSPS) is 22.8. The molecule has 0 spiro atoms. The van der Waals surface area contributed by atoms with Crippen LogP contribution in [0.1, 0.15) is 12.5 Å². The van der Waals surface area contributed by atoms with E-state index in [9.17, 15) is 4.79 Å². The summed E-state index contributed by atoms with van der Waals surface area (Å²) >= 11 is 0. The first-order chi connectivity index (χ1) is 7.74. The second-order valence-electron chi connectivity index (χ2n) is 3.85. The predicted octanol–water partition coefficient (Wildman–Crippen LogP) is 2.82. The Morgan fingerprint density at radius 2 is 2.12 bits per heavy atom. The smallest absolute Gasteiger partial charge is 0.335 e. The zero-order valence-corrected chi connectivity index (χ0v) is 9.27. The molecular weight excluding hydrogens is 200 g/mol. The van der Waals surface area contributed by atoms with Crippen LogP contribution in [-0.2, 0) is 9.53 Å². The van der Waals surface area contributed by atoms with Crippen LogP contribution in [0.4, 0.5) is 0 Å². The Hall–Kier alpha value is -1.83. The number of hydrogen-bond donors (Lipinski definition) is 0. The molecule has 1 aromatic carbocycles. The maximum Gasteiger partial charge on any atom is 0.335 e. The van der Waals surface area contributed by atoms with Gasteiger partial charge in [0.15, 0.2) is 0 Å². The van der Waals surface area contributed by atoms with Crippen molar-refractivity contribution in [1.29, 1.82) is 0 Å². The van der Waals surface area contributed by atoms with Gasteiger partial charge in [-0.2, -0.15) is 0 Å². The van der Waals surface area contributed by atoms with Crippen molar-refractivity contribution in [3.63, 3.8) is 0 Å². The van der Waals surface area contributed by atoms with E-state index in [2.05, 4.69) is 6.58 Å². The molecule has 1 fully saturated rings. The van der Waals surface area contributed by atoms with E-state index in [-0.39, 0.29) is 11.9 Å². The molecule has 82 valence electrons. The predicted molar refractivity (Wildman–Crippen MR) is 63.7 cm³/mol. The minimum Gasteiger partial charge on any atom is -0.461 e. The second-order valence-corrected chi connectivity index (χ2v) is 3.85. The highest BCUT2D eigenvalue weighted by molar-refractivity contribution is 5.99. The molecule has 1 saturated heterocycles. The fraction of sp³-hybridized carbons (Fsp3) is 0.214. The molecule has 0 radical (unpaired) electrons. The fourth-order valence-electron chi connectivity index (χ4n) is 1.94. The molecule has 1 unspecified atom stereocenters. The van der Waals surface area contributed by atoms with Gasteiger partial charge in [0.1, 0.15) is 6.61 Å². The summed E-state index contributed by atoms with van der Waals surface area (Å²) in [6, 6.07) is 9.87. The van der Waals surface area contributed by atoms with E-state index in [1.807, 2.05) is 37.3 Å². The SMILES string of the molecule is C=CC1COC(=O)/C1=C(/C)c1ccccc1. The zero-order chi connectivity index (χ0) is 11.5. The van der Waals surface area contributed by atoms with Crippen molar-refractivity contribution >= 4 is 11.5 Å². The molecular formula is C14H14O2. The van der Waals surface area contributed by atoms with Gasteiger partial charge in [0.25, 0.3) is 0 Å². The molecule has 0 bridgehead atoms. The van der Waals surface area contributed by atoms with Gasteiger partial charge in [0.2, 0.25) is 0 Å². The number of allylic oxidation sites excluding steroid dienone is 1. The van der Waals surface area contributed by atoms with Gasteiger partial charge in [-0.05, 0) is 18.1 Å². The number of benzene rings is 1. The number of rotatable bonds is 2. The van der Waals surface area contributed by atoms with Crippen LogP contribution in [0.5, 0.6) is 0 Å². The summed E-state index contributed by atoms with van der Waals surface area (Å²) in [5.74, 6) is -0.195. The first-order valence-corrected chi connectivity index (χ1v) is 5.30. The third-order valence-electron chi connectivity index (χ3n) is 2.88. The second kappa shape index (κ2) is 4.35. The molecule has 0 aliphatic carbocycles. The molecule has 0 aromatic heterocycles. The highest BCUT2D eigenvalue weighted by atomic mass is 16.5. The largest absolute Gasteiger partial charge is 0.461 e. The molecule has 1 aliphatic heterocycles. The first-order valence-electron chi connectivity index (χ1n) is 5.30. The van der Waals surface area contributed by atoms with Gasteiger partial charge in [-0.1, -0.05) is 36.4 Å². The molecule has 1 atom stereocenters. The van der Waals surface area contributed by atoms with Crippen molar-refractivity contribution < 1.29 is 9.53 Å². The Bertz CT molecular complexity index is 443. The quantitative estimate of drug-likeness (QED) is 0.430. The van der Waals surface area contributed by atoms with E-state index in [1.54, 1.807) is 6.08 Å². The van der Waals surface area contributed by atoms with Gasteiger partial charge in [-0.3, -0.25) is 0 Å². The third kappa shape index (κ3) is 1.78. The molecule has 1 aromatic rings. The van der Waals surface area contributed by atoms with Gasteiger partial charge in [0, 0.05) is 5.92 Å². The van der Waals surface area contributed by atoms with Crippen LogP contribution < -0.4 is 0 Å². The van der Waals surface area contributed by atoms with E-state index < -0.39 is 0 Å². The van der Waals surface area contributed by atoms with E-state index in [4.69, 9.17) is 4.74 Å². The van der Waals surface area contributed by atoms with Crippen LogP contribution in [0, 0.1) is 5.92 Å². The summed E-state index contributed by atoms with van der Waals surface area (Å²) in [7, 11) is 0. The fourth-order valence-corrected chi connectivity index (χ4v) is 1.94. The summed E-state index contributed by atoms with van der Waals surface area (Å²) in [6.07, 6.45) is 1.77. The summed E-state index contributed by atoms with van der Waals surface area (Å²) in [4.78, 5) is 11.6. The van der Waals surface area contributed by atoms with Crippen LogP contribution in [0.3, 0.4) is 0 Å². The number of esters is 1. The molecule has 1 aliphatic rings. The average molecular weight is 214 g/mol. The molecule has 0 N–H and O–H groups in total. The summed E-state index contributed by atoms with van der Waals surface area (Å²) < 4.78 is 5.04. The number of carbonyl (C=O) groups excluding carboxylic acids is 1. The molecule has 0 saturated carbocycles. The molecule has 16 heavy (non-hydrogen) atoms. The topological polar surface area (TPSA) is 26.3 Å². The standard InChI is InChI=1S/C14H14O2/c1-3-11-9-16-14(15)13(11)10(2)12-7-5-4-6-8-12/h3-8,11H,1,9H2,2H3/b13-10-. The van der Waals surface area contributed by atoms with Crippen molar-refractivity contribution in [2.45, 2.75) is 6.92 Å². The maximum absolute atomic E-state index is 11.6. The van der Waals surface area contributed by atoms with Crippen LogP contribution in [0.25, 0.3) is 5.57 Å². The van der Waals surface area contributed by atoms with Crippen molar-refractivity contribution in [1.82, 2.24) is 0 Å². The number of cyclic esters (lactones) is 1. The number of hydrogen-bond acceptors (Lipinski definition) is 2. The van der Waals surface area contributed by atoms with Crippen LogP contribution in [0.2, 0.25) is 0 Å². The van der Waals surface area contributed by atoms with E-state index >= 15 is 0 Å². The van der Waals surface area contributed by atoms with Gasteiger partial charge in [-0.25, -0.2) is 4.79 Å². The van der Waals surface area contributed by atoms with E-state index in [0.29, 0.717) is 6.61 Å². The van der Waals surface area contributed by atoms with Crippen LogP contribution in [-0.4, -0.2) is 12.6 Å². The lowest BCUT2D eigenvalue weighted by molar-refractivity contribution is -0.135. The lowest BCUT2D eigenvalue weighted by atomic mass is 9.93.